The molecule has 0 saturated carbocycles. The molecule has 1 amide bonds. The van der Waals surface area contributed by atoms with Gasteiger partial charge in [0, 0.05) is 42.7 Å². The van der Waals surface area contributed by atoms with E-state index in [2.05, 4.69) is 15.1 Å². The van der Waals surface area contributed by atoms with Crippen LogP contribution in [0.2, 0.25) is 0 Å². The number of nitrogens with zero attached hydrogens (tertiary/aromatic N) is 4. The van der Waals surface area contributed by atoms with E-state index >= 15 is 8.78 Å². The fourth-order valence-corrected chi connectivity index (χ4v) is 4.44. The highest BCUT2D eigenvalue weighted by Crippen LogP contribution is 2.34. The largest absolute Gasteiger partial charge is 0.415 e. The number of para-hydroxylation sites is 1. The van der Waals surface area contributed by atoms with E-state index < -0.39 is 29.7 Å². The summed E-state index contributed by atoms with van der Waals surface area (Å²) in [5.41, 5.74) is -1.40. The molecule has 5 rings (SSSR count). The first-order valence-corrected chi connectivity index (χ1v) is 11.6. The SMILES string of the molecule is O=C(N(Cc1ccc(-c2nnc(C(F)F)o2)cc1F)c1ccccc1)C1(F)CCN(C2COC2)CC1. The maximum absolute atomic E-state index is 16.0. The van der Waals surface area contributed by atoms with Gasteiger partial charge in [0.2, 0.25) is 5.89 Å². The topological polar surface area (TPSA) is 71.7 Å². The number of benzene rings is 2. The maximum atomic E-state index is 16.0. The zero-order valence-electron chi connectivity index (χ0n) is 19.2. The van der Waals surface area contributed by atoms with E-state index in [0.29, 0.717) is 32.0 Å². The molecule has 36 heavy (non-hydrogen) atoms. The van der Waals surface area contributed by atoms with Crippen molar-refractivity contribution in [2.75, 3.05) is 31.2 Å². The number of likely N-dealkylation sites (tertiary alicyclic amines) is 1. The third kappa shape index (κ3) is 4.85. The van der Waals surface area contributed by atoms with E-state index in [9.17, 15) is 13.6 Å². The highest BCUT2D eigenvalue weighted by Gasteiger charge is 2.46. The summed E-state index contributed by atoms with van der Waals surface area (Å²) in [5, 5.41) is 6.77. The summed E-state index contributed by atoms with van der Waals surface area (Å²) in [6.45, 7) is 1.89. The summed E-state index contributed by atoms with van der Waals surface area (Å²) in [7, 11) is 0. The van der Waals surface area contributed by atoms with Crippen LogP contribution in [0.1, 0.15) is 30.7 Å². The Morgan fingerprint density at radius 1 is 1.11 bits per heavy atom. The molecule has 7 nitrogen and oxygen atoms in total. The van der Waals surface area contributed by atoms with E-state index in [-0.39, 0.29) is 42.4 Å². The molecule has 1 aromatic heterocycles. The Hall–Kier alpha value is -3.31. The van der Waals surface area contributed by atoms with Crippen LogP contribution in [-0.4, -0.2) is 59.0 Å². The van der Waals surface area contributed by atoms with Gasteiger partial charge in [0.05, 0.1) is 25.8 Å². The number of rotatable bonds is 7. The molecule has 0 N–H and O–H groups in total. The molecule has 0 bridgehead atoms. The van der Waals surface area contributed by atoms with Crippen LogP contribution >= 0.6 is 0 Å². The molecule has 2 aliphatic rings. The van der Waals surface area contributed by atoms with Gasteiger partial charge in [-0.15, -0.1) is 10.2 Å². The number of hydrogen-bond acceptors (Lipinski definition) is 6. The van der Waals surface area contributed by atoms with E-state index in [4.69, 9.17) is 9.15 Å². The Morgan fingerprint density at radius 3 is 2.42 bits per heavy atom. The van der Waals surface area contributed by atoms with Gasteiger partial charge in [-0.05, 0) is 24.3 Å². The molecule has 3 heterocycles. The van der Waals surface area contributed by atoms with Crippen LogP contribution in [0, 0.1) is 5.82 Å². The van der Waals surface area contributed by atoms with Crippen LogP contribution in [0.3, 0.4) is 0 Å². The fourth-order valence-electron chi connectivity index (χ4n) is 4.44. The number of halogens is 4. The Balaban J connectivity index is 1.37. The molecule has 0 unspecified atom stereocenters. The van der Waals surface area contributed by atoms with E-state index in [1.165, 1.54) is 17.0 Å². The summed E-state index contributed by atoms with van der Waals surface area (Å²) in [6.07, 6.45) is -2.87. The van der Waals surface area contributed by atoms with Gasteiger partial charge in [-0.25, -0.2) is 8.78 Å². The highest BCUT2D eigenvalue weighted by molar-refractivity contribution is 5.99. The van der Waals surface area contributed by atoms with Gasteiger partial charge in [-0.1, -0.05) is 24.3 Å². The van der Waals surface area contributed by atoms with Crippen LogP contribution in [0.4, 0.5) is 23.2 Å². The third-order valence-corrected chi connectivity index (χ3v) is 6.68. The van der Waals surface area contributed by atoms with E-state index in [0.717, 1.165) is 6.07 Å². The summed E-state index contributed by atoms with van der Waals surface area (Å²) in [5.74, 6) is -2.55. The molecule has 0 spiro atoms. The van der Waals surface area contributed by atoms with Gasteiger partial charge >= 0.3 is 6.43 Å². The lowest BCUT2D eigenvalue weighted by Gasteiger charge is -2.43. The molecule has 0 radical (unpaired) electrons. The van der Waals surface area contributed by atoms with Crippen LogP contribution in [0.15, 0.2) is 52.9 Å². The predicted molar refractivity (Wildman–Crippen MR) is 122 cm³/mol. The number of carbonyl (C=O) groups is 1. The fraction of sp³-hybridized carbons (Fsp3) is 0.400. The van der Waals surface area contributed by atoms with Gasteiger partial charge < -0.3 is 14.1 Å². The first-order chi connectivity index (χ1) is 17.3. The van der Waals surface area contributed by atoms with Crippen molar-refractivity contribution in [3.63, 3.8) is 0 Å². The number of ether oxygens (including phenoxy) is 1. The molecular formula is C25H24F4N4O3. The number of amides is 1. The molecule has 2 saturated heterocycles. The molecule has 2 aromatic carbocycles. The van der Waals surface area contributed by atoms with E-state index in [1.807, 2.05) is 0 Å². The maximum Gasteiger partial charge on any atom is 0.314 e. The van der Waals surface area contributed by atoms with Gasteiger partial charge in [0.15, 0.2) is 5.67 Å². The van der Waals surface area contributed by atoms with Crippen LogP contribution in [-0.2, 0) is 16.1 Å². The molecule has 11 heteroatoms. The molecule has 3 aromatic rings. The number of anilines is 1. The van der Waals surface area contributed by atoms with Crippen molar-refractivity contribution in [2.45, 2.75) is 37.5 Å². The Kier molecular flexibility index (Phi) is 6.76. The molecular weight excluding hydrogens is 480 g/mol. The molecule has 2 fully saturated rings. The normalized spacial score (nSPS) is 18.2. The number of piperidine rings is 1. The minimum absolute atomic E-state index is 0.0384. The molecule has 190 valence electrons. The lowest BCUT2D eigenvalue weighted by molar-refractivity contribution is -0.136. The average molecular weight is 504 g/mol. The first kappa shape index (κ1) is 24.4. The summed E-state index contributed by atoms with van der Waals surface area (Å²) >= 11 is 0. The van der Waals surface area contributed by atoms with Crippen LogP contribution in [0.25, 0.3) is 11.5 Å². The third-order valence-electron chi connectivity index (χ3n) is 6.68. The lowest BCUT2D eigenvalue weighted by atomic mass is 9.90. The zero-order valence-corrected chi connectivity index (χ0v) is 19.2. The summed E-state index contributed by atoms with van der Waals surface area (Å²) in [4.78, 5) is 16.9. The lowest BCUT2D eigenvalue weighted by Crippen LogP contribution is -2.57. The minimum Gasteiger partial charge on any atom is -0.415 e. The standard InChI is InChI=1S/C25H24F4N4O3/c26-20-12-16(22-30-31-23(36-22)21(27)28)6-7-17(20)13-33(18-4-2-1-3-5-18)24(34)25(29)8-10-32(11-9-25)19-14-35-15-19/h1-7,12,19,21H,8-11,13-15H2. The molecule has 0 atom stereocenters. The zero-order chi connectivity index (χ0) is 25.3. The van der Waals surface area contributed by atoms with Crippen molar-refractivity contribution in [1.29, 1.82) is 0 Å². The Morgan fingerprint density at radius 2 is 1.83 bits per heavy atom. The smallest absolute Gasteiger partial charge is 0.314 e. The minimum atomic E-state index is -2.94. The number of carbonyl (C=O) groups excluding carboxylic acids is 1. The van der Waals surface area contributed by atoms with Gasteiger partial charge in [-0.3, -0.25) is 9.69 Å². The van der Waals surface area contributed by atoms with Crippen LogP contribution < -0.4 is 4.90 Å². The Bertz CT molecular complexity index is 1210. The van der Waals surface area contributed by atoms with Crippen molar-refractivity contribution in [3.8, 4) is 11.5 Å². The molecule has 0 aliphatic carbocycles. The van der Waals surface area contributed by atoms with E-state index in [1.54, 1.807) is 30.3 Å². The molecule has 2 aliphatic heterocycles. The highest BCUT2D eigenvalue weighted by atomic mass is 19.3. The van der Waals surface area contributed by atoms with Crippen LogP contribution in [0.5, 0.6) is 0 Å². The van der Waals surface area contributed by atoms with Crippen molar-refractivity contribution in [2.24, 2.45) is 0 Å². The predicted octanol–water partition coefficient (Wildman–Crippen LogP) is 4.55. The second kappa shape index (κ2) is 9.98. The quantitative estimate of drug-likeness (QED) is 0.440. The summed E-state index contributed by atoms with van der Waals surface area (Å²) in [6, 6.07) is 12.7. The number of aromatic nitrogens is 2. The first-order valence-electron chi connectivity index (χ1n) is 11.6. The van der Waals surface area contributed by atoms with Crippen molar-refractivity contribution in [3.05, 3.63) is 65.8 Å². The average Bonchev–Trinajstić information content (AvgIpc) is 3.35. The second-order valence-electron chi connectivity index (χ2n) is 8.97. The van der Waals surface area contributed by atoms with Gasteiger partial charge in [0.1, 0.15) is 5.82 Å². The summed E-state index contributed by atoms with van der Waals surface area (Å²) < 4.78 is 66.6. The van der Waals surface area contributed by atoms with Gasteiger partial charge in [0.25, 0.3) is 11.8 Å². The van der Waals surface area contributed by atoms with Crippen molar-refractivity contribution >= 4 is 11.6 Å². The van der Waals surface area contributed by atoms with Crippen molar-refractivity contribution in [1.82, 2.24) is 15.1 Å². The number of alkyl halides is 3. The number of hydrogen-bond donors (Lipinski definition) is 0. The van der Waals surface area contributed by atoms with Gasteiger partial charge in [-0.2, -0.15) is 8.78 Å². The monoisotopic (exact) mass is 504 g/mol. The second-order valence-corrected chi connectivity index (χ2v) is 8.97. The van der Waals surface area contributed by atoms with Crippen molar-refractivity contribution < 1.29 is 31.5 Å². The Labute approximate surface area is 204 Å².